The number of methoxy groups -OCH3 is 1. The zero-order chi connectivity index (χ0) is 19.3. The summed E-state index contributed by atoms with van der Waals surface area (Å²) in [5.41, 5.74) is 0.0991. The van der Waals surface area contributed by atoms with Gasteiger partial charge in [0.25, 0.3) is 0 Å². The summed E-state index contributed by atoms with van der Waals surface area (Å²) in [7, 11) is 1.59. The molecule has 8 heteroatoms. The van der Waals surface area contributed by atoms with Gasteiger partial charge in [0, 0.05) is 18.2 Å². The molecule has 0 bridgehead atoms. The van der Waals surface area contributed by atoms with E-state index in [0.717, 1.165) is 17.4 Å². The van der Waals surface area contributed by atoms with Crippen molar-refractivity contribution in [3.8, 4) is 5.75 Å². The summed E-state index contributed by atoms with van der Waals surface area (Å²) in [4.78, 5) is 8.09. The maximum absolute atomic E-state index is 13.1. The van der Waals surface area contributed by atoms with Crippen molar-refractivity contribution in [1.82, 2.24) is 9.97 Å². The first-order valence-electron chi connectivity index (χ1n) is 8.08. The number of alkyl halides is 3. The second-order valence-corrected chi connectivity index (χ2v) is 5.62. The minimum Gasteiger partial charge on any atom is -0.496 e. The fraction of sp³-hybridized carbons (Fsp3) is 0.158. The van der Waals surface area contributed by atoms with Crippen LogP contribution in [0.3, 0.4) is 0 Å². The van der Waals surface area contributed by atoms with Crippen LogP contribution in [0.2, 0.25) is 0 Å². The number of ether oxygens (including phenoxy) is 1. The molecular weight excluding hydrogens is 357 g/mol. The van der Waals surface area contributed by atoms with Gasteiger partial charge in [-0.2, -0.15) is 13.2 Å². The molecule has 0 atom stereocenters. The maximum atomic E-state index is 13.1. The molecule has 0 spiro atoms. The minimum atomic E-state index is -4.46. The van der Waals surface area contributed by atoms with Crippen molar-refractivity contribution < 1.29 is 17.9 Å². The summed E-state index contributed by atoms with van der Waals surface area (Å²) in [6.45, 7) is 0.444. The lowest BCUT2D eigenvalue weighted by Gasteiger charge is -2.14. The van der Waals surface area contributed by atoms with E-state index in [2.05, 4.69) is 20.6 Å². The number of nitrogens with one attached hydrogen (secondary N) is 2. The summed E-state index contributed by atoms with van der Waals surface area (Å²) in [6, 6.07) is 14.3. The largest absolute Gasteiger partial charge is 0.496 e. The molecule has 2 N–H and O–H groups in total. The SMILES string of the molecule is COc1ccccc1CNc1cc(Nc2ccccc2C(F)(F)F)ncn1. The Morgan fingerprint density at radius 1 is 0.963 bits per heavy atom. The van der Waals surface area contributed by atoms with Gasteiger partial charge in [-0.15, -0.1) is 0 Å². The van der Waals surface area contributed by atoms with Crippen molar-refractivity contribution in [2.24, 2.45) is 0 Å². The highest BCUT2D eigenvalue weighted by molar-refractivity contribution is 5.63. The van der Waals surface area contributed by atoms with Crippen LogP contribution in [-0.4, -0.2) is 17.1 Å². The predicted octanol–water partition coefficient (Wildman–Crippen LogP) is 4.86. The third-order valence-electron chi connectivity index (χ3n) is 3.81. The predicted molar refractivity (Wildman–Crippen MR) is 97.1 cm³/mol. The molecule has 0 aliphatic rings. The van der Waals surface area contributed by atoms with Crippen LogP contribution >= 0.6 is 0 Å². The van der Waals surface area contributed by atoms with Crippen molar-refractivity contribution in [3.05, 3.63) is 72.1 Å². The Balaban J connectivity index is 1.75. The smallest absolute Gasteiger partial charge is 0.418 e. The molecule has 0 fully saturated rings. The van der Waals surface area contributed by atoms with Crippen LogP contribution in [0.5, 0.6) is 5.75 Å². The molecule has 1 heterocycles. The average Bonchev–Trinajstić information content (AvgIpc) is 2.66. The van der Waals surface area contributed by atoms with Crippen LogP contribution in [0, 0.1) is 0 Å². The zero-order valence-corrected chi connectivity index (χ0v) is 14.4. The van der Waals surface area contributed by atoms with Gasteiger partial charge in [-0.1, -0.05) is 30.3 Å². The normalized spacial score (nSPS) is 11.1. The van der Waals surface area contributed by atoms with Gasteiger partial charge < -0.3 is 15.4 Å². The number of halogens is 3. The van der Waals surface area contributed by atoms with Crippen LogP contribution in [0.1, 0.15) is 11.1 Å². The summed E-state index contributed by atoms with van der Waals surface area (Å²) in [6.07, 6.45) is -3.18. The van der Waals surface area contributed by atoms with Gasteiger partial charge in [0.1, 0.15) is 23.7 Å². The number of para-hydroxylation sites is 2. The number of benzene rings is 2. The Morgan fingerprint density at radius 3 is 2.44 bits per heavy atom. The fourth-order valence-corrected chi connectivity index (χ4v) is 2.53. The minimum absolute atomic E-state index is 0.0700. The number of anilines is 3. The van der Waals surface area contributed by atoms with Crippen molar-refractivity contribution >= 4 is 17.3 Å². The fourth-order valence-electron chi connectivity index (χ4n) is 2.53. The van der Waals surface area contributed by atoms with E-state index in [0.29, 0.717) is 12.4 Å². The Bertz CT molecular complexity index is 915. The second kappa shape index (κ2) is 7.94. The highest BCUT2D eigenvalue weighted by Gasteiger charge is 2.33. The van der Waals surface area contributed by atoms with E-state index in [4.69, 9.17) is 4.74 Å². The summed E-state index contributed by atoms with van der Waals surface area (Å²) >= 11 is 0. The van der Waals surface area contributed by atoms with Crippen molar-refractivity contribution in [1.29, 1.82) is 0 Å². The third-order valence-corrected chi connectivity index (χ3v) is 3.81. The lowest BCUT2D eigenvalue weighted by Crippen LogP contribution is -2.09. The van der Waals surface area contributed by atoms with Gasteiger partial charge in [-0.3, -0.25) is 0 Å². The molecule has 2 aromatic carbocycles. The van der Waals surface area contributed by atoms with Crippen LogP contribution in [0.15, 0.2) is 60.9 Å². The van der Waals surface area contributed by atoms with E-state index in [9.17, 15) is 13.2 Å². The van der Waals surface area contributed by atoms with E-state index in [-0.39, 0.29) is 11.5 Å². The molecular formula is C19H17F3N4O. The molecule has 3 aromatic rings. The first-order valence-corrected chi connectivity index (χ1v) is 8.08. The van der Waals surface area contributed by atoms with Gasteiger partial charge in [0.2, 0.25) is 0 Å². The lowest BCUT2D eigenvalue weighted by atomic mass is 10.1. The average molecular weight is 374 g/mol. The Hall–Kier alpha value is -3.29. The molecule has 0 amide bonds. The number of aromatic nitrogens is 2. The molecule has 1 aromatic heterocycles. The van der Waals surface area contributed by atoms with Crippen molar-refractivity contribution in [3.63, 3.8) is 0 Å². The van der Waals surface area contributed by atoms with E-state index in [1.165, 1.54) is 24.5 Å². The molecule has 0 saturated carbocycles. The Kier molecular flexibility index (Phi) is 5.44. The molecule has 0 radical (unpaired) electrons. The van der Waals surface area contributed by atoms with E-state index >= 15 is 0 Å². The number of hydrogen-bond donors (Lipinski definition) is 2. The van der Waals surface area contributed by atoms with Crippen LogP contribution in [0.25, 0.3) is 0 Å². The second-order valence-electron chi connectivity index (χ2n) is 5.62. The maximum Gasteiger partial charge on any atom is 0.418 e. The molecule has 0 aliphatic carbocycles. The summed E-state index contributed by atoms with van der Waals surface area (Å²) in [5, 5.41) is 5.82. The lowest BCUT2D eigenvalue weighted by molar-refractivity contribution is -0.136. The Labute approximate surface area is 154 Å². The highest BCUT2D eigenvalue weighted by Crippen LogP contribution is 2.35. The van der Waals surface area contributed by atoms with Crippen LogP contribution < -0.4 is 15.4 Å². The number of rotatable bonds is 6. The standard InChI is InChI=1S/C19H17F3N4O/c1-27-16-9-5-2-6-13(16)11-23-17-10-18(25-12-24-17)26-15-8-4-3-7-14(15)19(20,21)22/h2-10,12H,11H2,1H3,(H2,23,24,25,26). The monoisotopic (exact) mass is 374 g/mol. The van der Waals surface area contributed by atoms with Crippen LogP contribution in [0.4, 0.5) is 30.5 Å². The number of hydrogen-bond acceptors (Lipinski definition) is 5. The van der Waals surface area contributed by atoms with E-state index in [1.807, 2.05) is 24.3 Å². The van der Waals surface area contributed by atoms with Gasteiger partial charge in [0.15, 0.2) is 0 Å². The van der Waals surface area contributed by atoms with Gasteiger partial charge in [0.05, 0.1) is 18.4 Å². The highest BCUT2D eigenvalue weighted by atomic mass is 19.4. The van der Waals surface area contributed by atoms with Crippen molar-refractivity contribution in [2.75, 3.05) is 17.7 Å². The van der Waals surface area contributed by atoms with Crippen molar-refractivity contribution in [2.45, 2.75) is 12.7 Å². The number of nitrogens with zero attached hydrogens (tertiary/aromatic N) is 2. The van der Waals surface area contributed by atoms with E-state index < -0.39 is 11.7 Å². The first-order chi connectivity index (χ1) is 13.0. The van der Waals surface area contributed by atoms with Gasteiger partial charge in [-0.05, 0) is 18.2 Å². The zero-order valence-electron chi connectivity index (χ0n) is 14.4. The summed E-state index contributed by atoms with van der Waals surface area (Å²) in [5.74, 6) is 1.46. The third kappa shape index (κ3) is 4.66. The molecule has 27 heavy (non-hydrogen) atoms. The molecule has 5 nitrogen and oxygen atoms in total. The molecule has 0 aliphatic heterocycles. The van der Waals surface area contributed by atoms with Gasteiger partial charge in [-0.25, -0.2) is 9.97 Å². The Morgan fingerprint density at radius 2 is 1.67 bits per heavy atom. The van der Waals surface area contributed by atoms with E-state index in [1.54, 1.807) is 13.2 Å². The molecule has 0 unspecified atom stereocenters. The van der Waals surface area contributed by atoms with Crippen LogP contribution in [-0.2, 0) is 12.7 Å². The molecule has 3 rings (SSSR count). The summed E-state index contributed by atoms with van der Waals surface area (Å²) < 4.78 is 44.6. The topological polar surface area (TPSA) is 59.1 Å². The molecule has 0 saturated heterocycles. The molecule has 140 valence electrons. The quantitative estimate of drug-likeness (QED) is 0.645. The first kappa shape index (κ1) is 18.5. The van der Waals surface area contributed by atoms with Gasteiger partial charge >= 0.3 is 6.18 Å².